The highest BCUT2D eigenvalue weighted by molar-refractivity contribution is 14.1. The lowest BCUT2D eigenvalue weighted by Gasteiger charge is -2.28. The standard InChI is InChI=1S/C19H17Cl3IN3O3S/c1-2-29-16(28)13-5-3-4-6-14(13)24-18(30)26-17(19(20,21)22)25-15(27)11-7-9-12(23)10-8-11/h3-10,17H,2H2,1H3,(H,25,27)(H2,24,26,30). The Morgan fingerprint density at radius 2 is 1.73 bits per heavy atom. The molecule has 2 rings (SSSR count). The molecule has 0 fully saturated rings. The molecule has 1 amide bonds. The third kappa shape index (κ3) is 7.42. The molecule has 0 aliphatic carbocycles. The molecule has 30 heavy (non-hydrogen) atoms. The summed E-state index contributed by atoms with van der Waals surface area (Å²) < 4.78 is 4.10. The van der Waals surface area contributed by atoms with Crippen LogP contribution in [0.15, 0.2) is 48.5 Å². The Morgan fingerprint density at radius 3 is 2.33 bits per heavy atom. The molecule has 0 aliphatic rings. The van der Waals surface area contributed by atoms with E-state index in [4.69, 9.17) is 51.8 Å². The van der Waals surface area contributed by atoms with Crippen LogP contribution in [-0.4, -0.2) is 33.6 Å². The van der Waals surface area contributed by atoms with Gasteiger partial charge >= 0.3 is 5.97 Å². The molecule has 1 atom stereocenters. The molecule has 0 radical (unpaired) electrons. The lowest BCUT2D eigenvalue weighted by molar-refractivity contribution is 0.0527. The average Bonchev–Trinajstić information content (AvgIpc) is 2.67. The van der Waals surface area contributed by atoms with E-state index in [0.29, 0.717) is 11.3 Å². The molecule has 0 saturated carbocycles. The summed E-state index contributed by atoms with van der Waals surface area (Å²) in [6, 6.07) is 13.5. The third-order valence-corrected chi connectivity index (χ3v) is 5.25. The van der Waals surface area contributed by atoms with Crippen LogP contribution in [-0.2, 0) is 4.74 Å². The van der Waals surface area contributed by atoms with Crippen LogP contribution in [0.4, 0.5) is 5.69 Å². The van der Waals surface area contributed by atoms with E-state index < -0.39 is 21.8 Å². The minimum atomic E-state index is -1.91. The van der Waals surface area contributed by atoms with E-state index in [1.165, 1.54) is 0 Å². The van der Waals surface area contributed by atoms with E-state index in [9.17, 15) is 9.59 Å². The number of halogens is 4. The van der Waals surface area contributed by atoms with Gasteiger partial charge in [-0.3, -0.25) is 4.79 Å². The zero-order valence-electron chi connectivity index (χ0n) is 15.5. The third-order valence-electron chi connectivity index (χ3n) is 3.66. The first-order valence-electron chi connectivity index (χ1n) is 8.58. The van der Waals surface area contributed by atoms with Gasteiger partial charge in [0.05, 0.1) is 17.9 Å². The van der Waals surface area contributed by atoms with Gasteiger partial charge in [0, 0.05) is 9.13 Å². The van der Waals surface area contributed by atoms with Crippen molar-refractivity contribution in [2.75, 3.05) is 11.9 Å². The fraction of sp³-hybridized carbons (Fsp3) is 0.211. The summed E-state index contributed by atoms with van der Waals surface area (Å²) in [5, 5.41) is 8.25. The van der Waals surface area contributed by atoms with Gasteiger partial charge in [-0.15, -0.1) is 0 Å². The number of nitrogens with one attached hydrogen (secondary N) is 3. The Balaban J connectivity index is 2.12. The summed E-state index contributed by atoms with van der Waals surface area (Å²) in [5.41, 5.74) is 1.08. The van der Waals surface area contributed by atoms with Gasteiger partial charge in [-0.25, -0.2) is 4.79 Å². The second kappa shape index (κ2) is 11.3. The van der Waals surface area contributed by atoms with Crippen molar-refractivity contribution in [3.63, 3.8) is 0 Å². The van der Waals surface area contributed by atoms with Crippen molar-refractivity contribution < 1.29 is 14.3 Å². The van der Waals surface area contributed by atoms with Crippen LogP contribution in [0.3, 0.4) is 0 Å². The lowest BCUT2D eigenvalue weighted by atomic mass is 10.2. The first-order valence-corrected chi connectivity index (χ1v) is 11.2. The summed E-state index contributed by atoms with van der Waals surface area (Å²) in [7, 11) is 0. The molecule has 0 saturated heterocycles. The van der Waals surface area contributed by atoms with E-state index in [-0.39, 0.29) is 17.3 Å². The molecule has 0 heterocycles. The van der Waals surface area contributed by atoms with Crippen molar-refractivity contribution in [1.29, 1.82) is 0 Å². The first-order chi connectivity index (χ1) is 14.1. The van der Waals surface area contributed by atoms with E-state index in [2.05, 4.69) is 38.5 Å². The normalized spacial score (nSPS) is 11.9. The quantitative estimate of drug-likeness (QED) is 0.144. The molecule has 1 unspecified atom stereocenters. The highest BCUT2D eigenvalue weighted by Crippen LogP contribution is 2.29. The summed E-state index contributed by atoms with van der Waals surface area (Å²) >= 11 is 25.5. The van der Waals surface area contributed by atoms with Gasteiger partial charge in [-0.1, -0.05) is 46.9 Å². The van der Waals surface area contributed by atoms with Crippen LogP contribution in [0.1, 0.15) is 27.6 Å². The number of ether oxygens (including phenoxy) is 1. The van der Waals surface area contributed by atoms with Crippen molar-refractivity contribution in [2.24, 2.45) is 0 Å². The van der Waals surface area contributed by atoms with Crippen LogP contribution >= 0.6 is 69.6 Å². The predicted octanol–water partition coefficient (Wildman–Crippen LogP) is 4.88. The van der Waals surface area contributed by atoms with E-state index in [1.807, 2.05) is 0 Å². The van der Waals surface area contributed by atoms with Crippen molar-refractivity contribution in [1.82, 2.24) is 10.6 Å². The van der Waals surface area contributed by atoms with E-state index in [1.54, 1.807) is 55.5 Å². The van der Waals surface area contributed by atoms with Gasteiger partial charge in [0.2, 0.25) is 3.79 Å². The van der Waals surface area contributed by atoms with Crippen LogP contribution in [0.25, 0.3) is 0 Å². The topological polar surface area (TPSA) is 79.5 Å². The summed E-state index contributed by atoms with van der Waals surface area (Å²) in [5.74, 6) is -0.960. The fourth-order valence-corrected chi connectivity index (χ4v) is 3.20. The van der Waals surface area contributed by atoms with E-state index >= 15 is 0 Å². The molecule has 0 bridgehead atoms. The number of carbonyl (C=O) groups is 2. The van der Waals surface area contributed by atoms with Crippen molar-refractivity contribution >= 4 is 92.3 Å². The van der Waals surface area contributed by atoms with Crippen molar-refractivity contribution in [3.05, 3.63) is 63.2 Å². The van der Waals surface area contributed by atoms with Gasteiger partial charge in [0.25, 0.3) is 5.91 Å². The first kappa shape index (κ1) is 24.9. The highest BCUT2D eigenvalue weighted by Gasteiger charge is 2.35. The van der Waals surface area contributed by atoms with Crippen molar-refractivity contribution in [2.45, 2.75) is 16.9 Å². The molecule has 2 aromatic rings. The molecule has 2 aromatic carbocycles. The maximum Gasteiger partial charge on any atom is 0.340 e. The second-order valence-electron chi connectivity index (χ2n) is 5.82. The number of benzene rings is 2. The predicted molar refractivity (Wildman–Crippen MR) is 132 cm³/mol. The Labute approximate surface area is 208 Å². The summed E-state index contributed by atoms with van der Waals surface area (Å²) in [6.45, 7) is 1.94. The summed E-state index contributed by atoms with van der Waals surface area (Å²) in [4.78, 5) is 24.6. The van der Waals surface area contributed by atoms with Crippen LogP contribution in [0, 0.1) is 3.57 Å². The SMILES string of the molecule is CCOC(=O)c1ccccc1NC(=S)NC(NC(=O)c1ccc(I)cc1)C(Cl)(Cl)Cl. The number of alkyl halides is 3. The number of anilines is 1. The number of para-hydroxylation sites is 1. The average molecular weight is 601 g/mol. The van der Waals surface area contributed by atoms with Gasteiger partial charge in [0.1, 0.15) is 6.17 Å². The monoisotopic (exact) mass is 599 g/mol. The largest absolute Gasteiger partial charge is 0.462 e. The van der Waals surface area contributed by atoms with Crippen LogP contribution in [0.2, 0.25) is 0 Å². The van der Waals surface area contributed by atoms with E-state index in [0.717, 1.165) is 3.57 Å². The molecule has 11 heteroatoms. The lowest BCUT2D eigenvalue weighted by Crippen LogP contribution is -2.56. The Morgan fingerprint density at radius 1 is 1.10 bits per heavy atom. The number of carbonyl (C=O) groups excluding carboxylic acids is 2. The molecule has 160 valence electrons. The molecule has 6 nitrogen and oxygen atoms in total. The molecule has 0 aromatic heterocycles. The number of amides is 1. The number of hydrogen-bond acceptors (Lipinski definition) is 4. The zero-order chi connectivity index (χ0) is 22.3. The highest BCUT2D eigenvalue weighted by atomic mass is 127. The maximum absolute atomic E-state index is 12.5. The number of rotatable bonds is 6. The van der Waals surface area contributed by atoms with Gasteiger partial charge in [0.15, 0.2) is 5.11 Å². The molecular weight excluding hydrogens is 584 g/mol. The molecular formula is C19H17Cl3IN3O3S. The summed E-state index contributed by atoms with van der Waals surface area (Å²) in [6.07, 6.45) is -1.15. The minimum Gasteiger partial charge on any atom is -0.462 e. The zero-order valence-corrected chi connectivity index (χ0v) is 20.8. The smallest absolute Gasteiger partial charge is 0.340 e. The number of hydrogen-bond donors (Lipinski definition) is 3. The number of thiocarbonyl (C=S) groups is 1. The Hall–Kier alpha value is -1.33. The minimum absolute atomic E-state index is 0.0333. The molecule has 0 spiro atoms. The fourth-order valence-electron chi connectivity index (χ4n) is 2.28. The van der Waals surface area contributed by atoms with Crippen LogP contribution < -0.4 is 16.0 Å². The van der Waals surface area contributed by atoms with Gasteiger partial charge < -0.3 is 20.7 Å². The van der Waals surface area contributed by atoms with Gasteiger partial charge in [-0.05, 0) is 78.1 Å². The second-order valence-corrected chi connectivity index (χ2v) is 9.84. The molecule has 3 N–H and O–H groups in total. The maximum atomic E-state index is 12.5. The number of esters is 1. The Bertz CT molecular complexity index is 923. The molecule has 0 aliphatic heterocycles. The van der Waals surface area contributed by atoms with Gasteiger partial charge in [-0.2, -0.15) is 0 Å². The van der Waals surface area contributed by atoms with Crippen LogP contribution in [0.5, 0.6) is 0 Å². The van der Waals surface area contributed by atoms with Crippen molar-refractivity contribution in [3.8, 4) is 0 Å². The Kier molecular flexibility index (Phi) is 9.42.